The molecule has 0 saturated carbocycles. The molecule has 11 heteroatoms. The van der Waals surface area contributed by atoms with Gasteiger partial charge in [-0.3, -0.25) is 4.79 Å². The highest BCUT2D eigenvalue weighted by Gasteiger charge is 2.39. The first-order chi connectivity index (χ1) is 8.97. The number of carbonyl (C=O) groups excluding carboxylic acids is 1. The minimum absolute atomic E-state index is 0.0319. The molecule has 0 amide bonds. The number of esters is 1. The largest absolute Gasteiger partial charge is 0.574 e. The number of hydrogen-bond donors (Lipinski definition) is 1. The maximum atomic E-state index is 12.4. The monoisotopic (exact) mass is 305 g/mol. The Labute approximate surface area is 106 Å². The van der Waals surface area contributed by atoms with Gasteiger partial charge in [0.25, 0.3) is 0 Å². The molecule has 1 N–H and O–H groups in total. The molecule has 0 spiro atoms. The molecule has 0 unspecified atom stereocenters. The Morgan fingerprint density at radius 2 is 1.75 bits per heavy atom. The molecule has 0 saturated heterocycles. The summed E-state index contributed by atoms with van der Waals surface area (Å²) in [6, 6.07) is 0. The summed E-state index contributed by atoms with van der Waals surface area (Å²) in [4.78, 5) is 24.1. The predicted octanol–water partition coefficient (Wildman–Crippen LogP) is 2.08. The first-order valence-corrected chi connectivity index (χ1v) is 4.64. The number of aromatic nitrogens is 1. The number of alkyl halides is 6. The molecule has 0 radical (unpaired) electrons. The van der Waals surface area contributed by atoms with Gasteiger partial charge in [0.05, 0.1) is 7.11 Å². The van der Waals surface area contributed by atoms with Gasteiger partial charge in [-0.05, 0) is 0 Å². The molecular weight excluding hydrogens is 300 g/mol. The van der Waals surface area contributed by atoms with Crippen molar-refractivity contribution in [2.45, 2.75) is 12.5 Å². The van der Waals surface area contributed by atoms with Crippen LogP contribution in [0.15, 0.2) is 11.0 Å². The zero-order valence-corrected chi connectivity index (χ0v) is 9.48. The number of methoxy groups -OCH3 is 1. The van der Waals surface area contributed by atoms with Gasteiger partial charge >= 0.3 is 18.5 Å². The number of H-pyrrole nitrogens is 1. The van der Waals surface area contributed by atoms with E-state index in [2.05, 4.69) is 9.47 Å². The first kappa shape index (κ1) is 15.9. The van der Waals surface area contributed by atoms with E-state index in [4.69, 9.17) is 0 Å². The molecule has 0 aliphatic carbocycles. The second-order valence-electron chi connectivity index (χ2n) is 3.27. The summed E-state index contributed by atoms with van der Waals surface area (Å²) in [7, 11) is 0.680. The fourth-order valence-electron chi connectivity index (χ4n) is 1.21. The van der Waals surface area contributed by atoms with E-state index in [1.807, 2.05) is 0 Å². The molecule has 1 aromatic rings. The molecule has 0 fully saturated rings. The molecule has 0 bridgehead atoms. The maximum Gasteiger partial charge on any atom is 0.574 e. The van der Waals surface area contributed by atoms with Gasteiger partial charge in [0.15, 0.2) is 5.56 Å². The number of aromatic amines is 1. The lowest BCUT2D eigenvalue weighted by molar-refractivity contribution is -0.276. The normalized spacial score (nSPS) is 12.2. The molecule has 0 aromatic carbocycles. The first-order valence-electron chi connectivity index (χ1n) is 4.64. The standard InChI is InChI=1S/C9H5F6NO4/c1-19-7(18)4-5(17)3(8(10,11)12)2-16-6(4)20-9(13,14)15/h2H,1H3,(H,16,17). The lowest BCUT2D eigenvalue weighted by atomic mass is 10.1. The smallest absolute Gasteiger partial charge is 0.465 e. The van der Waals surface area contributed by atoms with Crippen molar-refractivity contribution in [1.82, 2.24) is 4.98 Å². The van der Waals surface area contributed by atoms with E-state index in [0.29, 0.717) is 7.11 Å². The SMILES string of the molecule is COC(=O)c1c(OC(F)(F)F)[nH]cc(C(F)(F)F)c1=O. The number of carbonyl (C=O) groups is 1. The summed E-state index contributed by atoms with van der Waals surface area (Å²) in [6.07, 6.45) is -10.5. The quantitative estimate of drug-likeness (QED) is 0.671. The van der Waals surface area contributed by atoms with Crippen LogP contribution in [0, 0.1) is 0 Å². The molecular formula is C9H5F6NO4. The number of rotatable bonds is 2. The van der Waals surface area contributed by atoms with Gasteiger partial charge in [0, 0.05) is 6.20 Å². The van der Waals surface area contributed by atoms with Crippen molar-refractivity contribution in [3.63, 3.8) is 0 Å². The van der Waals surface area contributed by atoms with Crippen molar-refractivity contribution in [1.29, 1.82) is 0 Å². The average molecular weight is 305 g/mol. The number of pyridine rings is 1. The van der Waals surface area contributed by atoms with E-state index in [1.54, 1.807) is 0 Å². The molecule has 112 valence electrons. The highest BCUT2D eigenvalue weighted by molar-refractivity contribution is 5.91. The van der Waals surface area contributed by atoms with Crippen molar-refractivity contribution in [3.8, 4) is 5.88 Å². The Morgan fingerprint density at radius 1 is 1.20 bits per heavy atom. The molecule has 1 rings (SSSR count). The van der Waals surface area contributed by atoms with Crippen molar-refractivity contribution < 1.29 is 40.6 Å². The Morgan fingerprint density at radius 3 is 2.15 bits per heavy atom. The minimum atomic E-state index is -5.31. The van der Waals surface area contributed by atoms with E-state index < -0.39 is 40.9 Å². The molecule has 5 nitrogen and oxygen atoms in total. The second-order valence-corrected chi connectivity index (χ2v) is 3.27. The van der Waals surface area contributed by atoms with Crippen LogP contribution in [0.25, 0.3) is 0 Å². The van der Waals surface area contributed by atoms with E-state index >= 15 is 0 Å². The number of nitrogens with one attached hydrogen (secondary N) is 1. The lowest BCUT2D eigenvalue weighted by Gasteiger charge is -2.13. The summed E-state index contributed by atoms with van der Waals surface area (Å²) in [5.74, 6) is -3.18. The summed E-state index contributed by atoms with van der Waals surface area (Å²) < 4.78 is 80.6. The van der Waals surface area contributed by atoms with Crippen LogP contribution < -0.4 is 10.2 Å². The lowest BCUT2D eigenvalue weighted by Crippen LogP contribution is -2.29. The third-order valence-electron chi connectivity index (χ3n) is 1.96. The van der Waals surface area contributed by atoms with Crippen molar-refractivity contribution >= 4 is 5.97 Å². The van der Waals surface area contributed by atoms with Gasteiger partial charge in [-0.15, -0.1) is 13.2 Å². The molecule has 1 heterocycles. The van der Waals surface area contributed by atoms with Crippen LogP contribution in [0.5, 0.6) is 5.88 Å². The number of ether oxygens (including phenoxy) is 2. The Hall–Kier alpha value is -2.20. The van der Waals surface area contributed by atoms with Crippen LogP contribution in [-0.4, -0.2) is 24.4 Å². The number of hydrogen-bond acceptors (Lipinski definition) is 4. The van der Waals surface area contributed by atoms with Crippen molar-refractivity contribution in [2.24, 2.45) is 0 Å². The molecule has 0 aliphatic rings. The van der Waals surface area contributed by atoms with Crippen LogP contribution in [0.3, 0.4) is 0 Å². The molecule has 0 aliphatic heterocycles. The average Bonchev–Trinajstić information content (AvgIpc) is 2.24. The van der Waals surface area contributed by atoms with Crippen LogP contribution in [0.2, 0.25) is 0 Å². The predicted molar refractivity (Wildman–Crippen MR) is 50.1 cm³/mol. The van der Waals surface area contributed by atoms with Gasteiger partial charge in [0.1, 0.15) is 5.56 Å². The fourth-order valence-corrected chi connectivity index (χ4v) is 1.21. The maximum absolute atomic E-state index is 12.4. The van der Waals surface area contributed by atoms with Gasteiger partial charge in [-0.1, -0.05) is 0 Å². The summed E-state index contributed by atoms with van der Waals surface area (Å²) in [5, 5.41) is 0. The third kappa shape index (κ3) is 3.42. The Kier molecular flexibility index (Phi) is 4.01. The van der Waals surface area contributed by atoms with E-state index in [0.717, 1.165) is 0 Å². The zero-order valence-electron chi connectivity index (χ0n) is 9.48. The summed E-state index contributed by atoms with van der Waals surface area (Å²) in [6.45, 7) is 0. The van der Waals surface area contributed by atoms with Gasteiger partial charge in [-0.2, -0.15) is 13.2 Å². The Balaban J connectivity index is 3.53. The summed E-state index contributed by atoms with van der Waals surface area (Å²) >= 11 is 0. The fraction of sp³-hybridized carbons (Fsp3) is 0.333. The Bertz CT molecular complexity index is 573. The van der Waals surface area contributed by atoms with Crippen molar-refractivity contribution in [3.05, 3.63) is 27.5 Å². The van der Waals surface area contributed by atoms with Crippen LogP contribution in [0.1, 0.15) is 15.9 Å². The van der Waals surface area contributed by atoms with Crippen LogP contribution >= 0.6 is 0 Å². The van der Waals surface area contributed by atoms with Crippen LogP contribution in [0.4, 0.5) is 26.3 Å². The minimum Gasteiger partial charge on any atom is -0.465 e. The molecule has 0 atom stereocenters. The van der Waals surface area contributed by atoms with Gasteiger partial charge in [-0.25, -0.2) is 4.79 Å². The zero-order chi connectivity index (χ0) is 15.7. The van der Waals surface area contributed by atoms with E-state index in [9.17, 15) is 35.9 Å². The molecule has 1 aromatic heterocycles. The topological polar surface area (TPSA) is 68.4 Å². The second kappa shape index (κ2) is 5.06. The van der Waals surface area contributed by atoms with Crippen molar-refractivity contribution in [2.75, 3.05) is 7.11 Å². The van der Waals surface area contributed by atoms with E-state index in [-0.39, 0.29) is 6.20 Å². The van der Waals surface area contributed by atoms with Gasteiger partial charge < -0.3 is 14.5 Å². The highest BCUT2D eigenvalue weighted by Crippen LogP contribution is 2.29. The summed E-state index contributed by atoms with van der Waals surface area (Å²) in [5.41, 5.74) is -5.37. The van der Waals surface area contributed by atoms with E-state index in [1.165, 1.54) is 4.98 Å². The van der Waals surface area contributed by atoms with Gasteiger partial charge in [0.2, 0.25) is 11.3 Å². The molecule has 20 heavy (non-hydrogen) atoms. The number of halogens is 6. The van der Waals surface area contributed by atoms with Crippen LogP contribution in [-0.2, 0) is 10.9 Å². The highest BCUT2D eigenvalue weighted by atomic mass is 19.4. The third-order valence-corrected chi connectivity index (χ3v) is 1.96.